The zero-order valence-electron chi connectivity index (χ0n) is 12.0. The summed E-state index contributed by atoms with van der Waals surface area (Å²) in [6.45, 7) is 5.10. The normalized spacial score (nSPS) is 62.5. The molecule has 4 rings (SSSR count). The Morgan fingerprint density at radius 2 is 1.72 bits per heavy atom. The van der Waals surface area contributed by atoms with Crippen molar-refractivity contribution in [2.75, 3.05) is 0 Å². The Balaban J connectivity index is 1.69. The van der Waals surface area contributed by atoms with E-state index in [2.05, 4.69) is 13.8 Å². The molecule has 0 aromatic rings. The van der Waals surface area contributed by atoms with Crippen molar-refractivity contribution in [2.24, 2.45) is 34.5 Å². The molecule has 0 amide bonds. The number of hydrogen-bond acceptors (Lipinski definition) is 1. The van der Waals surface area contributed by atoms with Crippen LogP contribution in [0, 0.1) is 34.5 Å². The number of hydrogen-bond donors (Lipinski definition) is 1. The summed E-state index contributed by atoms with van der Waals surface area (Å²) in [5.74, 6) is 3.59. The minimum atomic E-state index is 0.0178. The fourth-order valence-corrected chi connectivity index (χ4v) is 6.94. The first-order valence-electron chi connectivity index (χ1n) is 8.23. The molecule has 4 aliphatic rings. The summed E-state index contributed by atoms with van der Waals surface area (Å²) in [5, 5.41) is 10.3. The van der Waals surface area contributed by atoms with Crippen molar-refractivity contribution in [3.05, 3.63) is 0 Å². The minimum absolute atomic E-state index is 0.0178. The second kappa shape index (κ2) is 3.53. The maximum absolute atomic E-state index is 10.3. The quantitative estimate of drug-likeness (QED) is 0.687. The molecule has 0 aliphatic heterocycles. The van der Waals surface area contributed by atoms with Gasteiger partial charge in [0.05, 0.1) is 6.10 Å². The molecule has 4 aliphatic carbocycles. The summed E-state index contributed by atoms with van der Waals surface area (Å²) in [5.41, 5.74) is 1.15. The van der Waals surface area contributed by atoms with E-state index in [4.69, 9.17) is 0 Å². The number of fused-ring (bicyclic) bond motifs is 5. The molecular formula is C17H28O. The molecule has 102 valence electrons. The van der Waals surface area contributed by atoms with Gasteiger partial charge in [-0.2, -0.15) is 0 Å². The Morgan fingerprint density at radius 3 is 2.56 bits per heavy atom. The van der Waals surface area contributed by atoms with E-state index in [9.17, 15) is 5.11 Å². The average Bonchev–Trinajstić information content (AvgIpc) is 2.91. The number of rotatable bonds is 0. The lowest BCUT2D eigenvalue weighted by Crippen LogP contribution is -2.42. The monoisotopic (exact) mass is 248 g/mol. The first-order valence-corrected chi connectivity index (χ1v) is 8.23. The topological polar surface area (TPSA) is 20.2 Å². The molecule has 1 N–H and O–H groups in total. The van der Waals surface area contributed by atoms with Gasteiger partial charge in [-0.15, -0.1) is 0 Å². The molecule has 1 nitrogen and oxygen atoms in total. The van der Waals surface area contributed by atoms with Gasteiger partial charge in [0, 0.05) is 0 Å². The summed E-state index contributed by atoms with van der Waals surface area (Å²) in [6, 6.07) is 0. The third kappa shape index (κ3) is 1.27. The fourth-order valence-electron chi connectivity index (χ4n) is 6.94. The predicted octanol–water partition coefficient (Wildman–Crippen LogP) is 4.00. The molecule has 0 radical (unpaired) electrons. The SMILES string of the molecule is CC12CCCC1C1CCC3[C@@H](O)CCC3(C)C1C2. The van der Waals surface area contributed by atoms with E-state index in [-0.39, 0.29) is 6.10 Å². The third-order valence-corrected chi connectivity index (χ3v) is 7.83. The summed E-state index contributed by atoms with van der Waals surface area (Å²) in [4.78, 5) is 0. The summed E-state index contributed by atoms with van der Waals surface area (Å²) < 4.78 is 0. The Kier molecular flexibility index (Phi) is 2.31. The van der Waals surface area contributed by atoms with Gasteiger partial charge in [0.2, 0.25) is 0 Å². The van der Waals surface area contributed by atoms with Gasteiger partial charge in [-0.3, -0.25) is 0 Å². The van der Waals surface area contributed by atoms with Gasteiger partial charge < -0.3 is 5.11 Å². The Labute approximate surface area is 111 Å². The van der Waals surface area contributed by atoms with E-state index >= 15 is 0 Å². The average molecular weight is 248 g/mol. The Bertz CT molecular complexity index is 365. The smallest absolute Gasteiger partial charge is 0.0573 e. The van der Waals surface area contributed by atoms with Crippen LogP contribution in [-0.4, -0.2) is 11.2 Å². The van der Waals surface area contributed by atoms with Crippen LogP contribution >= 0.6 is 0 Å². The number of aliphatic hydroxyl groups is 1. The van der Waals surface area contributed by atoms with Crippen molar-refractivity contribution in [3.8, 4) is 0 Å². The molecule has 4 fully saturated rings. The van der Waals surface area contributed by atoms with Crippen LogP contribution in [0.5, 0.6) is 0 Å². The van der Waals surface area contributed by atoms with E-state index < -0.39 is 0 Å². The predicted molar refractivity (Wildman–Crippen MR) is 73.1 cm³/mol. The fraction of sp³-hybridized carbons (Fsp3) is 1.00. The lowest BCUT2D eigenvalue weighted by molar-refractivity contribution is -0.0169. The van der Waals surface area contributed by atoms with Crippen molar-refractivity contribution < 1.29 is 5.11 Å². The zero-order valence-corrected chi connectivity index (χ0v) is 12.0. The van der Waals surface area contributed by atoms with Crippen molar-refractivity contribution in [1.82, 2.24) is 0 Å². The van der Waals surface area contributed by atoms with Crippen LogP contribution in [0.2, 0.25) is 0 Å². The molecular weight excluding hydrogens is 220 g/mol. The Morgan fingerprint density at radius 1 is 0.889 bits per heavy atom. The van der Waals surface area contributed by atoms with Crippen LogP contribution in [-0.2, 0) is 0 Å². The summed E-state index contributed by atoms with van der Waals surface area (Å²) in [6.07, 6.45) is 11.1. The molecule has 7 atom stereocenters. The van der Waals surface area contributed by atoms with Gasteiger partial charge in [0.25, 0.3) is 0 Å². The van der Waals surface area contributed by atoms with Gasteiger partial charge in [0.1, 0.15) is 0 Å². The van der Waals surface area contributed by atoms with Crippen molar-refractivity contribution in [2.45, 2.75) is 71.3 Å². The highest BCUT2D eigenvalue weighted by atomic mass is 16.3. The van der Waals surface area contributed by atoms with Gasteiger partial charge in [-0.05, 0) is 79.4 Å². The van der Waals surface area contributed by atoms with Crippen LogP contribution in [0.4, 0.5) is 0 Å². The molecule has 0 aromatic carbocycles. The van der Waals surface area contributed by atoms with E-state index in [1.54, 1.807) is 0 Å². The van der Waals surface area contributed by atoms with E-state index in [1.807, 2.05) is 0 Å². The lowest BCUT2D eigenvalue weighted by Gasteiger charge is -2.47. The standard InChI is InChI=1S/C17H28O/c1-16-8-3-4-12(16)11-5-6-13-15(18)7-9-17(13,2)14(11)10-16/h11-15,18H,3-10H2,1-2H3/t11?,12?,13?,14?,15-,16?,17?/m0/s1. The van der Waals surface area contributed by atoms with Crippen LogP contribution in [0.3, 0.4) is 0 Å². The largest absolute Gasteiger partial charge is 0.393 e. The van der Waals surface area contributed by atoms with E-state index in [0.29, 0.717) is 16.7 Å². The third-order valence-electron chi connectivity index (χ3n) is 7.83. The molecule has 0 heterocycles. The van der Waals surface area contributed by atoms with E-state index in [0.717, 1.165) is 24.2 Å². The first kappa shape index (κ1) is 11.8. The molecule has 0 saturated heterocycles. The van der Waals surface area contributed by atoms with Crippen LogP contribution in [0.25, 0.3) is 0 Å². The maximum Gasteiger partial charge on any atom is 0.0573 e. The number of aliphatic hydroxyl groups excluding tert-OH is 1. The molecule has 18 heavy (non-hydrogen) atoms. The highest BCUT2D eigenvalue weighted by Crippen LogP contribution is 2.69. The maximum atomic E-state index is 10.3. The highest BCUT2D eigenvalue weighted by molar-refractivity contribution is 5.11. The molecule has 4 saturated carbocycles. The minimum Gasteiger partial charge on any atom is -0.393 e. The van der Waals surface area contributed by atoms with Crippen molar-refractivity contribution in [1.29, 1.82) is 0 Å². The van der Waals surface area contributed by atoms with Crippen LogP contribution in [0.1, 0.15) is 65.2 Å². The molecule has 0 bridgehead atoms. The molecule has 6 unspecified atom stereocenters. The van der Waals surface area contributed by atoms with Crippen molar-refractivity contribution >= 4 is 0 Å². The second-order valence-corrected chi connectivity index (χ2v) is 8.42. The van der Waals surface area contributed by atoms with Crippen LogP contribution in [0.15, 0.2) is 0 Å². The second-order valence-electron chi connectivity index (χ2n) is 8.42. The zero-order chi connectivity index (χ0) is 12.5. The van der Waals surface area contributed by atoms with Gasteiger partial charge in [-0.1, -0.05) is 20.3 Å². The van der Waals surface area contributed by atoms with Gasteiger partial charge in [0.15, 0.2) is 0 Å². The lowest BCUT2D eigenvalue weighted by atomic mass is 9.58. The van der Waals surface area contributed by atoms with Gasteiger partial charge in [-0.25, -0.2) is 0 Å². The Hall–Kier alpha value is -0.0400. The molecule has 0 aromatic heterocycles. The first-order chi connectivity index (χ1) is 8.55. The molecule has 0 spiro atoms. The summed E-state index contributed by atoms with van der Waals surface area (Å²) >= 11 is 0. The van der Waals surface area contributed by atoms with Gasteiger partial charge >= 0.3 is 0 Å². The summed E-state index contributed by atoms with van der Waals surface area (Å²) in [7, 11) is 0. The molecule has 1 heteroatoms. The van der Waals surface area contributed by atoms with E-state index in [1.165, 1.54) is 44.9 Å². The van der Waals surface area contributed by atoms with Crippen LogP contribution < -0.4 is 0 Å². The highest BCUT2D eigenvalue weighted by Gasteiger charge is 2.62. The van der Waals surface area contributed by atoms with Crippen molar-refractivity contribution in [3.63, 3.8) is 0 Å².